The third kappa shape index (κ3) is 12.2. The second kappa shape index (κ2) is 21.7. The minimum atomic E-state index is -0.317. The van der Waals surface area contributed by atoms with Crippen molar-refractivity contribution >= 4 is 108 Å². The highest BCUT2D eigenvalue weighted by Crippen LogP contribution is 2.37. The maximum Gasteiger partial charge on any atom is 0.494 e. The number of nitrogens with zero attached hydrogens (tertiary/aromatic N) is 5. The summed E-state index contributed by atoms with van der Waals surface area (Å²) in [6.45, 7) is 24.3. The second-order valence-corrected chi connectivity index (χ2v) is 20.8. The van der Waals surface area contributed by atoms with E-state index in [9.17, 15) is 0 Å². The van der Waals surface area contributed by atoms with Gasteiger partial charge >= 0.3 is 7.12 Å². The Balaban J connectivity index is 0.000000155. The molecule has 0 bridgehead atoms. The normalized spacial score (nSPS) is 15.4. The number of nitrogens with two attached hydrogens (primary N) is 3. The molecule has 66 heavy (non-hydrogen) atoms. The number of aromatic amines is 2. The summed E-state index contributed by atoms with van der Waals surface area (Å²) in [5, 5.41) is 2.41. The number of hydrogen-bond acceptors (Lipinski definition) is 11. The van der Waals surface area contributed by atoms with E-state index < -0.39 is 0 Å². The van der Waals surface area contributed by atoms with Crippen LogP contribution in [-0.4, -0.2) is 74.5 Å². The van der Waals surface area contributed by atoms with Gasteiger partial charge in [0.25, 0.3) is 0 Å². The molecule has 7 aromatic rings. The Labute approximate surface area is 416 Å². The highest BCUT2D eigenvalue weighted by molar-refractivity contribution is 14.1. The zero-order valence-electron chi connectivity index (χ0n) is 39.5. The number of hydrogen-bond donors (Lipinski definition) is 5. The Kier molecular flexibility index (Phi) is 16.7. The summed E-state index contributed by atoms with van der Waals surface area (Å²) >= 11 is 11.4. The van der Waals surface area contributed by atoms with Crippen LogP contribution < -0.4 is 27.6 Å². The molecule has 0 saturated carbocycles. The smallest absolute Gasteiger partial charge is 0.399 e. The first kappa shape index (κ1) is 50.9. The first-order valence-electron chi connectivity index (χ1n) is 22.2. The highest BCUT2D eigenvalue weighted by atomic mass is 127. The van der Waals surface area contributed by atoms with E-state index in [0.717, 1.165) is 107 Å². The van der Waals surface area contributed by atoms with Gasteiger partial charge in [0.1, 0.15) is 34.9 Å². The lowest BCUT2D eigenvalue weighted by molar-refractivity contribution is 0.00578. The van der Waals surface area contributed by atoms with Crippen LogP contribution >= 0.6 is 50.1 Å². The lowest BCUT2D eigenvalue weighted by atomic mass is 9.77. The Morgan fingerprint density at radius 3 is 1.79 bits per heavy atom. The van der Waals surface area contributed by atoms with Crippen molar-refractivity contribution in [2.75, 3.05) is 48.4 Å². The summed E-state index contributed by atoms with van der Waals surface area (Å²) in [5.74, 6) is 2.23. The molecule has 8 N–H and O–H groups in total. The Bertz CT molecular complexity index is 2740. The van der Waals surface area contributed by atoms with Crippen molar-refractivity contribution in [3.63, 3.8) is 0 Å². The molecule has 2 saturated heterocycles. The molecule has 0 aliphatic carbocycles. The molecule has 4 aromatic heterocycles. The number of benzene rings is 3. The quantitative estimate of drug-likeness (QED) is 0.0461. The molecule has 0 atom stereocenters. The van der Waals surface area contributed by atoms with Crippen LogP contribution in [0.4, 0.5) is 22.9 Å². The first-order valence-corrected chi connectivity index (χ1v) is 24.4. The van der Waals surface area contributed by atoms with Crippen LogP contribution in [0.5, 0.6) is 0 Å². The minimum Gasteiger partial charge on any atom is -0.399 e. The van der Waals surface area contributed by atoms with Crippen molar-refractivity contribution in [3.05, 3.63) is 109 Å². The Morgan fingerprint density at radius 2 is 1.21 bits per heavy atom. The van der Waals surface area contributed by atoms with Crippen LogP contribution in [0.3, 0.4) is 0 Å². The molecule has 0 spiro atoms. The van der Waals surface area contributed by atoms with Gasteiger partial charge in [0.2, 0.25) is 0 Å². The van der Waals surface area contributed by atoms with E-state index in [1.807, 2.05) is 42.5 Å². The average molecular weight is 1090 g/mol. The van der Waals surface area contributed by atoms with Crippen LogP contribution in [0.2, 0.25) is 5.15 Å². The van der Waals surface area contributed by atoms with E-state index in [-0.39, 0.29) is 18.3 Å². The van der Waals surface area contributed by atoms with Gasteiger partial charge < -0.3 is 46.1 Å². The molecular formula is C49H62BBrClIN10O3. The number of H-pyrrole nitrogens is 2. The largest absolute Gasteiger partial charge is 0.494 e. The lowest BCUT2D eigenvalue weighted by Crippen LogP contribution is -2.41. The van der Waals surface area contributed by atoms with Crippen molar-refractivity contribution < 1.29 is 14.0 Å². The van der Waals surface area contributed by atoms with Gasteiger partial charge in [-0.05, 0) is 144 Å². The van der Waals surface area contributed by atoms with Crippen molar-refractivity contribution in [3.8, 4) is 11.3 Å². The number of anilines is 4. The lowest BCUT2D eigenvalue weighted by Gasteiger charge is -2.32. The molecule has 0 amide bonds. The highest BCUT2D eigenvalue weighted by Gasteiger charge is 2.51. The van der Waals surface area contributed by atoms with Gasteiger partial charge in [-0.1, -0.05) is 87.3 Å². The third-order valence-corrected chi connectivity index (χ3v) is 13.4. The molecule has 2 aliphatic heterocycles. The van der Waals surface area contributed by atoms with E-state index in [2.05, 4.69) is 167 Å². The summed E-state index contributed by atoms with van der Waals surface area (Å²) < 4.78 is 19.7. The van der Waals surface area contributed by atoms with E-state index >= 15 is 0 Å². The number of halogens is 3. The first-order chi connectivity index (χ1) is 31.1. The van der Waals surface area contributed by atoms with Gasteiger partial charge in [0.05, 0.1) is 38.9 Å². The molecule has 350 valence electrons. The van der Waals surface area contributed by atoms with E-state index in [0.29, 0.717) is 22.9 Å². The zero-order chi connectivity index (χ0) is 48.1. The fraction of sp³-hybridized carbons (Fsp3) is 0.388. The maximum absolute atomic E-state index is 6.11. The van der Waals surface area contributed by atoms with Crippen LogP contribution in [0.15, 0.2) is 83.9 Å². The molecule has 13 nitrogen and oxygen atoms in total. The van der Waals surface area contributed by atoms with E-state index in [1.165, 1.54) is 11.9 Å². The molecule has 2 fully saturated rings. The number of rotatable bonds is 6. The topological polar surface area (TPSA) is 192 Å². The number of morpholine rings is 1. The summed E-state index contributed by atoms with van der Waals surface area (Å²) in [4.78, 5) is 25.5. The van der Waals surface area contributed by atoms with Gasteiger partial charge in [-0.15, -0.1) is 0 Å². The zero-order valence-corrected chi connectivity index (χ0v) is 44.0. The molecule has 2 aliphatic rings. The number of fused-ring (bicyclic) bond motifs is 2. The monoisotopic (exact) mass is 1090 g/mol. The van der Waals surface area contributed by atoms with Gasteiger partial charge in [0, 0.05) is 40.3 Å². The van der Waals surface area contributed by atoms with Crippen LogP contribution in [-0.2, 0) is 14.0 Å². The minimum absolute atomic E-state index is 0.308. The van der Waals surface area contributed by atoms with Crippen LogP contribution in [0.1, 0.15) is 104 Å². The van der Waals surface area contributed by atoms with E-state index in [4.69, 9.17) is 42.8 Å². The number of nitrogens with one attached hydrogen (secondary N) is 2. The van der Waals surface area contributed by atoms with Crippen LogP contribution in [0, 0.1) is 3.70 Å². The fourth-order valence-electron chi connectivity index (χ4n) is 7.49. The second-order valence-electron chi connectivity index (χ2n) is 18.3. The molecule has 3 aromatic carbocycles. The van der Waals surface area contributed by atoms with Crippen molar-refractivity contribution in [1.82, 2.24) is 29.9 Å². The third-order valence-electron chi connectivity index (χ3n) is 12.0. The average Bonchev–Trinajstić information content (AvgIpc) is 3.95. The van der Waals surface area contributed by atoms with Crippen LogP contribution in [0.25, 0.3) is 33.3 Å². The van der Waals surface area contributed by atoms with E-state index in [1.54, 1.807) is 6.33 Å². The molecule has 6 heterocycles. The summed E-state index contributed by atoms with van der Waals surface area (Å²) in [6.07, 6.45) is 3.06. The van der Waals surface area contributed by atoms with Gasteiger partial charge in [-0.25, -0.2) is 19.9 Å². The molecule has 0 unspecified atom stereocenters. The summed E-state index contributed by atoms with van der Waals surface area (Å²) in [7, 11) is -0.317. The summed E-state index contributed by atoms with van der Waals surface area (Å²) in [5.41, 5.74) is 28.2. The van der Waals surface area contributed by atoms with Gasteiger partial charge in [-0.3, -0.25) is 0 Å². The molecule has 0 radical (unpaired) electrons. The Morgan fingerprint density at radius 1 is 0.682 bits per heavy atom. The van der Waals surface area contributed by atoms with Gasteiger partial charge in [0.15, 0.2) is 0 Å². The number of nitrogen functional groups attached to an aromatic ring is 3. The molecule has 9 rings (SSSR count). The fourth-order valence-corrected chi connectivity index (χ4v) is 8.63. The molecular weight excluding hydrogens is 1030 g/mol. The van der Waals surface area contributed by atoms with Crippen molar-refractivity contribution in [1.29, 1.82) is 0 Å². The Hall–Kier alpha value is -4.46. The number of ether oxygens (including phenoxy) is 1. The molecule has 17 heteroatoms. The predicted molar refractivity (Wildman–Crippen MR) is 286 cm³/mol. The predicted octanol–water partition coefficient (Wildman–Crippen LogP) is 11.2. The maximum atomic E-state index is 6.11. The van der Waals surface area contributed by atoms with Crippen molar-refractivity contribution in [2.45, 2.75) is 98.2 Å². The summed E-state index contributed by atoms with van der Waals surface area (Å²) in [6, 6.07) is 22.2. The number of aromatic nitrogens is 6. The van der Waals surface area contributed by atoms with Crippen molar-refractivity contribution in [2.24, 2.45) is 0 Å². The standard InChI is InChI=1S/C19H23N5O.C15H24BNO2.C9H12BrN.C6H3ClIN3/c1-12(2)14-9-13(3-4-16(14)20)17-10-15-18(23-17)21-11-22-19(15)24-5-7-25-8-6-24;1-10(2)12-9-11(7-8-13(12)17)16-18-14(3,4)15(5,6)19-16;1-6(2)8-5-7(10)3-4-9(8)11;7-5-3-1-4(8)11-6(3)10-2-9-5/h3-4,9-12H,5-8,20H2,1-2H3,(H,21,22,23);7-10H,17H2,1-6H3;3-6H,11H2,1-2H3;1-2H,(H,9,10,11). The SMILES string of the molecule is CC(C)c1cc(-c2cc3c(N4CCOCC4)ncnc3[nH]2)ccc1N.CC(C)c1cc(B2OC(C)(C)C(C)(C)O2)ccc1N.CC(C)c1cc(Br)ccc1N.Clc1ncnc2[nH]c(I)cc12. The van der Waals surface area contributed by atoms with Gasteiger partial charge in [-0.2, -0.15) is 0 Å².